The van der Waals surface area contributed by atoms with Crippen LogP contribution in [0.4, 0.5) is 9.18 Å². The standard InChI is InChI=1S/C12H14FN3O3/c1-19-12(18)15-8-4-6-16(7-8)11(17)9-3-2-5-14-10(9)13/h2-3,5,8H,4,6-7H2,1H3,(H,15,18). The highest BCUT2D eigenvalue weighted by Gasteiger charge is 2.29. The molecule has 0 aliphatic carbocycles. The van der Waals surface area contributed by atoms with E-state index in [4.69, 9.17) is 0 Å². The maximum Gasteiger partial charge on any atom is 0.407 e. The minimum absolute atomic E-state index is 0.0544. The van der Waals surface area contributed by atoms with Gasteiger partial charge >= 0.3 is 6.09 Å². The smallest absolute Gasteiger partial charge is 0.407 e. The summed E-state index contributed by atoms with van der Waals surface area (Å²) in [6.45, 7) is 0.796. The van der Waals surface area contributed by atoms with Crippen molar-refractivity contribution in [2.24, 2.45) is 0 Å². The van der Waals surface area contributed by atoms with Gasteiger partial charge in [0.1, 0.15) is 0 Å². The Labute approximate surface area is 109 Å². The number of amides is 2. The Morgan fingerprint density at radius 1 is 1.58 bits per heavy atom. The molecule has 1 aromatic heterocycles. The largest absolute Gasteiger partial charge is 0.453 e. The number of nitrogens with zero attached hydrogens (tertiary/aromatic N) is 2. The van der Waals surface area contributed by atoms with Crippen molar-refractivity contribution in [2.45, 2.75) is 12.5 Å². The average molecular weight is 267 g/mol. The lowest BCUT2D eigenvalue weighted by Crippen LogP contribution is -2.38. The summed E-state index contributed by atoms with van der Waals surface area (Å²) >= 11 is 0. The molecular formula is C12H14FN3O3. The van der Waals surface area contributed by atoms with Gasteiger partial charge in [0, 0.05) is 19.3 Å². The molecule has 1 unspecified atom stereocenters. The molecule has 1 aliphatic heterocycles. The quantitative estimate of drug-likeness (QED) is 0.804. The molecule has 1 fully saturated rings. The summed E-state index contributed by atoms with van der Waals surface area (Å²) < 4.78 is 17.9. The molecule has 0 bridgehead atoms. The second-order valence-electron chi connectivity index (χ2n) is 4.21. The van der Waals surface area contributed by atoms with E-state index < -0.39 is 17.9 Å². The minimum atomic E-state index is -0.781. The molecule has 1 aliphatic rings. The molecule has 6 nitrogen and oxygen atoms in total. The zero-order chi connectivity index (χ0) is 13.8. The number of ether oxygens (including phenoxy) is 1. The van der Waals surface area contributed by atoms with Gasteiger partial charge in [0.05, 0.1) is 18.7 Å². The van der Waals surface area contributed by atoms with Crippen molar-refractivity contribution >= 4 is 12.0 Å². The van der Waals surface area contributed by atoms with E-state index >= 15 is 0 Å². The number of aromatic nitrogens is 1. The molecular weight excluding hydrogens is 253 g/mol. The third kappa shape index (κ3) is 2.98. The summed E-state index contributed by atoms with van der Waals surface area (Å²) in [7, 11) is 1.28. The van der Waals surface area contributed by atoms with Crippen LogP contribution < -0.4 is 5.32 Å². The lowest BCUT2D eigenvalue weighted by Gasteiger charge is -2.16. The van der Waals surface area contributed by atoms with Crippen LogP contribution in [0.15, 0.2) is 18.3 Å². The van der Waals surface area contributed by atoms with Gasteiger partial charge in [0.2, 0.25) is 5.95 Å². The van der Waals surface area contributed by atoms with E-state index in [9.17, 15) is 14.0 Å². The molecule has 0 aromatic carbocycles. The summed E-state index contributed by atoms with van der Waals surface area (Å²) in [4.78, 5) is 28.1. The van der Waals surface area contributed by atoms with Crippen molar-refractivity contribution < 1.29 is 18.7 Å². The first-order chi connectivity index (χ1) is 9.11. The molecule has 2 amide bonds. The average Bonchev–Trinajstić information content (AvgIpc) is 2.87. The van der Waals surface area contributed by atoms with Gasteiger partial charge in [-0.05, 0) is 18.6 Å². The predicted octanol–water partition coefficient (Wildman–Crippen LogP) is 0.791. The SMILES string of the molecule is COC(=O)NC1CCN(C(=O)c2cccnc2F)C1. The number of rotatable bonds is 2. The summed E-state index contributed by atoms with van der Waals surface area (Å²) in [5.74, 6) is -1.20. The zero-order valence-electron chi connectivity index (χ0n) is 10.4. The van der Waals surface area contributed by atoms with Crippen LogP contribution in [0.2, 0.25) is 0 Å². The van der Waals surface area contributed by atoms with Gasteiger partial charge in [-0.15, -0.1) is 0 Å². The van der Waals surface area contributed by atoms with Crippen LogP contribution in [0.1, 0.15) is 16.8 Å². The van der Waals surface area contributed by atoms with E-state index in [-0.39, 0.29) is 11.6 Å². The van der Waals surface area contributed by atoms with Crippen molar-refractivity contribution in [3.63, 3.8) is 0 Å². The molecule has 7 heteroatoms. The van der Waals surface area contributed by atoms with Crippen molar-refractivity contribution in [3.8, 4) is 0 Å². The van der Waals surface area contributed by atoms with E-state index in [0.717, 1.165) is 0 Å². The predicted molar refractivity (Wildman–Crippen MR) is 64.0 cm³/mol. The summed E-state index contributed by atoms with van der Waals surface area (Å²) in [5, 5.41) is 2.62. The molecule has 0 saturated carbocycles. The number of alkyl carbamates (subject to hydrolysis) is 1. The van der Waals surface area contributed by atoms with Crippen LogP contribution in [-0.4, -0.2) is 48.1 Å². The summed E-state index contributed by atoms with van der Waals surface area (Å²) in [6.07, 6.45) is 1.37. The number of carbonyl (C=O) groups excluding carboxylic acids is 2. The van der Waals surface area contributed by atoms with Gasteiger partial charge in [-0.3, -0.25) is 4.79 Å². The normalized spacial score (nSPS) is 18.2. The second kappa shape index (κ2) is 5.64. The number of carbonyl (C=O) groups is 2. The minimum Gasteiger partial charge on any atom is -0.453 e. The van der Waals surface area contributed by atoms with Gasteiger partial charge < -0.3 is 15.0 Å². The molecule has 1 N–H and O–H groups in total. The molecule has 1 aromatic rings. The van der Waals surface area contributed by atoms with Crippen LogP contribution in [-0.2, 0) is 4.74 Å². The first kappa shape index (κ1) is 13.3. The van der Waals surface area contributed by atoms with Gasteiger partial charge in [-0.1, -0.05) is 0 Å². The Bertz CT molecular complexity index is 495. The third-order valence-electron chi connectivity index (χ3n) is 2.97. The highest BCUT2D eigenvalue weighted by molar-refractivity contribution is 5.94. The lowest BCUT2D eigenvalue weighted by molar-refractivity contribution is 0.0782. The van der Waals surface area contributed by atoms with Gasteiger partial charge in [0.25, 0.3) is 5.91 Å². The van der Waals surface area contributed by atoms with Crippen LogP contribution in [0.25, 0.3) is 0 Å². The molecule has 2 heterocycles. The topological polar surface area (TPSA) is 71.5 Å². The Morgan fingerprint density at radius 2 is 2.37 bits per heavy atom. The van der Waals surface area contributed by atoms with E-state index in [0.29, 0.717) is 19.5 Å². The molecule has 1 atom stereocenters. The summed E-state index contributed by atoms with van der Waals surface area (Å²) in [6, 6.07) is 2.73. The van der Waals surface area contributed by atoms with Crippen LogP contribution in [0.5, 0.6) is 0 Å². The number of halogens is 1. The fraction of sp³-hybridized carbons (Fsp3) is 0.417. The maximum atomic E-state index is 13.4. The molecule has 19 heavy (non-hydrogen) atoms. The highest BCUT2D eigenvalue weighted by atomic mass is 19.1. The monoisotopic (exact) mass is 267 g/mol. The van der Waals surface area contributed by atoms with E-state index in [1.165, 1.54) is 30.3 Å². The van der Waals surface area contributed by atoms with Crippen molar-refractivity contribution in [1.29, 1.82) is 0 Å². The van der Waals surface area contributed by atoms with Crippen molar-refractivity contribution in [3.05, 3.63) is 29.8 Å². The van der Waals surface area contributed by atoms with Gasteiger partial charge in [0.15, 0.2) is 0 Å². The maximum absolute atomic E-state index is 13.4. The van der Waals surface area contributed by atoms with Crippen molar-refractivity contribution in [1.82, 2.24) is 15.2 Å². The van der Waals surface area contributed by atoms with Crippen LogP contribution in [0.3, 0.4) is 0 Å². The first-order valence-corrected chi connectivity index (χ1v) is 5.86. The molecule has 0 spiro atoms. The highest BCUT2D eigenvalue weighted by Crippen LogP contribution is 2.14. The molecule has 2 rings (SSSR count). The van der Waals surface area contributed by atoms with Crippen molar-refractivity contribution in [2.75, 3.05) is 20.2 Å². The van der Waals surface area contributed by atoms with Gasteiger partial charge in [-0.2, -0.15) is 4.39 Å². The second-order valence-corrected chi connectivity index (χ2v) is 4.21. The molecule has 0 radical (unpaired) electrons. The van der Waals surface area contributed by atoms with Crippen LogP contribution >= 0.6 is 0 Å². The molecule has 1 saturated heterocycles. The number of likely N-dealkylation sites (tertiary alicyclic amines) is 1. The Balaban J connectivity index is 1.99. The Morgan fingerprint density at radius 3 is 3.05 bits per heavy atom. The van der Waals surface area contributed by atoms with Crippen LogP contribution in [0, 0.1) is 5.95 Å². The Hall–Kier alpha value is -2.18. The number of nitrogens with one attached hydrogen (secondary N) is 1. The Kier molecular flexibility index (Phi) is 3.94. The fourth-order valence-corrected chi connectivity index (χ4v) is 2.00. The van der Waals surface area contributed by atoms with E-state index in [1.807, 2.05) is 0 Å². The van der Waals surface area contributed by atoms with E-state index in [1.54, 1.807) is 0 Å². The van der Waals surface area contributed by atoms with Gasteiger partial charge in [-0.25, -0.2) is 9.78 Å². The van der Waals surface area contributed by atoms with E-state index in [2.05, 4.69) is 15.0 Å². The third-order valence-corrected chi connectivity index (χ3v) is 2.97. The number of methoxy groups -OCH3 is 1. The number of pyridine rings is 1. The summed E-state index contributed by atoms with van der Waals surface area (Å²) in [5.41, 5.74) is -0.0544. The first-order valence-electron chi connectivity index (χ1n) is 5.86. The number of hydrogen-bond donors (Lipinski definition) is 1. The number of hydrogen-bond acceptors (Lipinski definition) is 4. The fourth-order valence-electron chi connectivity index (χ4n) is 2.00. The zero-order valence-corrected chi connectivity index (χ0v) is 10.4. The molecule has 102 valence electrons. The lowest BCUT2D eigenvalue weighted by atomic mass is 10.2.